The van der Waals surface area contributed by atoms with Crippen LogP contribution in [0.4, 0.5) is 11.5 Å². The van der Waals surface area contributed by atoms with Crippen LogP contribution in [0.2, 0.25) is 5.02 Å². The summed E-state index contributed by atoms with van der Waals surface area (Å²) in [6.07, 6.45) is 1.55. The number of nitrogens with one attached hydrogen (secondary N) is 1. The Morgan fingerprint density at radius 1 is 1.07 bits per heavy atom. The number of amides is 1. The molecule has 1 aromatic heterocycles. The van der Waals surface area contributed by atoms with Crippen LogP contribution in [0.15, 0.2) is 60.7 Å². The van der Waals surface area contributed by atoms with E-state index in [4.69, 9.17) is 16.3 Å². The molecule has 0 atom stereocenters. The van der Waals surface area contributed by atoms with Gasteiger partial charge in [0.2, 0.25) is 5.91 Å². The molecule has 0 saturated carbocycles. The van der Waals surface area contributed by atoms with Crippen molar-refractivity contribution in [1.29, 1.82) is 0 Å². The average molecular weight is 423 g/mol. The van der Waals surface area contributed by atoms with Crippen molar-refractivity contribution in [3.05, 3.63) is 65.7 Å². The predicted octanol–water partition coefficient (Wildman–Crippen LogP) is 4.66. The third-order valence-corrected chi connectivity index (χ3v) is 5.57. The zero-order chi connectivity index (χ0) is 20.9. The minimum Gasteiger partial charge on any atom is -0.497 e. The van der Waals surface area contributed by atoms with Crippen molar-refractivity contribution in [3.8, 4) is 17.0 Å². The summed E-state index contributed by atoms with van der Waals surface area (Å²) in [4.78, 5) is 14.8. The summed E-state index contributed by atoms with van der Waals surface area (Å²) in [5.74, 6) is 1.59. The first-order chi connectivity index (χ1) is 14.6. The van der Waals surface area contributed by atoms with Crippen molar-refractivity contribution in [2.24, 2.45) is 5.92 Å². The normalized spacial score (nSPS) is 14.4. The lowest BCUT2D eigenvalue weighted by Crippen LogP contribution is -2.38. The van der Waals surface area contributed by atoms with Crippen LogP contribution in [0.3, 0.4) is 0 Å². The molecule has 0 unspecified atom stereocenters. The van der Waals surface area contributed by atoms with E-state index in [1.807, 2.05) is 60.7 Å². The maximum Gasteiger partial charge on any atom is 0.227 e. The molecular weight excluding hydrogens is 400 g/mol. The maximum atomic E-state index is 12.6. The van der Waals surface area contributed by atoms with Gasteiger partial charge < -0.3 is 15.0 Å². The summed E-state index contributed by atoms with van der Waals surface area (Å²) in [5.41, 5.74) is 2.54. The number of carbonyl (C=O) groups excluding carboxylic acids is 1. The van der Waals surface area contributed by atoms with E-state index >= 15 is 0 Å². The first-order valence-electron chi connectivity index (χ1n) is 9.92. The highest BCUT2D eigenvalue weighted by Crippen LogP contribution is 2.25. The van der Waals surface area contributed by atoms with E-state index in [2.05, 4.69) is 20.4 Å². The van der Waals surface area contributed by atoms with Gasteiger partial charge in [0.1, 0.15) is 5.75 Å². The Morgan fingerprint density at radius 2 is 1.83 bits per heavy atom. The number of methoxy groups -OCH3 is 1. The largest absolute Gasteiger partial charge is 0.497 e. The fraction of sp³-hybridized carbons (Fsp3) is 0.261. The first-order valence-corrected chi connectivity index (χ1v) is 10.3. The van der Waals surface area contributed by atoms with Crippen molar-refractivity contribution in [1.82, 2.24) is 10.2 Å². The van der Waals surface area contributed by atoms with Gasteiger partial charge in [-0.05, 0) is 49.2 Å². The Kier molecular flexibility index (Phi) is 6.14. The molecule has 1 fully saturated rings. The Bertz CT molecular complexity index is 1000. The summed E-state index contributed by atoms with van der Waals surface area (Å²) >= 11 is 5.94. The number of anilines is 2. The molecule has 1 aliphatic heterocycles. The molecular formula is C23H23ClN4O2. The first kappa shape index (κ1) is 20.2. The van der Waals surface area contributed by atoms with Gasteiger partial charge in [-0.1, -0.05) is 29.8 Å². The highest BCUT2D eigenvalue weighted by atomic mass is 35.5. The van der Waals surface area contributed by atoms with Crippen molar-refractivity contribution >= 4 is 29.0 Å². The monoisotopic (exact) mass is 422 g/mol. The van der Waals surface area contributed by atoms with Gasteiger partial charge >= 0.3 is 0 Å². The highest BCUT2D eigenvalue weighted by Gasteiger charge is 2.26. The van der Waals surface area contributed by atoms with E-state index < -0.39 is 0 Å². The van der Waals surface area contributed by atoms with Crippen molar-refractivity contribution < 1.29 is 9.53 Å². The minimum absolute atomic E-state index is 0.0197. The van der Waals surface area contributed by atoms with Crippen LogP contribution in [-0.2, 0) is 4.79 Å². The van der Waals surface area contributed by atoms with Gasteiger partial charge in [-0.3, -0.25) is 4.79 Å². The van der Waals surface area contributed by atoms with Crippen LogP contribution < -0.4 is 15.0 Å². The molecule has 0 aliphatic carbocycles. The van der Waals surface area contributed by atoms with Crippen LogP contribution in [0.1, 0.15) is 12.8 Å². The molecule has 2 heterocycles. The number of halogens is 1. The lowest BCUT2D eigenvalue weighted by Gasteiger charge is -2.31. The Balaban J connectivity index is 1.33. The number of nitrogens with zero attached hydrogens (tertiary/aromatic N) is 3. The lowest BCUT2D eigenvalue weighted by molar-refractivity contribution is -0.120. The second kappa shape index (κ2) is 9.13. The molecule has 1 aliphatic rings. The summed E-state index contributed by atoms with van der Waals surface area (Å²) in [6, 6.07) is 18.9. The molecule has 4 rings (SSSR count). The lowest BCUT2D eigenvalue weighted by atomic mass is 9.95. The fourth-order valence-corrected chi connectivity index (χ4v) is 3.71. The molecule has 6 nitrogen and oxygen atoms in total. The zero-order valence-corrected chi connectivity index (χ0v) is 17.5. The molecule has 0 spiro atoms. The fourth-order valence-electron chi connectivity index (χ4n) is 3.58. The molecule has 1 amide bonds. The summed E-state index contributed by atoms with van der Waals surface area (Å²) in [7, 11) is 1.61. The number of rotatable bonds is 5. The van der Waals surface area contributed by atoms with Gasteiger partial charge in [-0.25, -0.2) is 0 Å². The standard InChI is InChI=1S/C23H23ClN4O2/c1-30-20-4-2-3-19(15-20)25-23(29)17-11-13-28(14-12-17)22-10-9-21(26-27-22)16-5-7-18(24)8-6-16/h2-10,15,17H,11-14H2,1H3,(H,25,29). The molecule has 7 heteroatoms. The summed E-state index contributed by atoms with van der Waals surface area (Å²) in [5, 5.41) is 12.4. The van der Waals surface area contributed by atoms with Crippen molar-refractivity contribution in [2.45, 2.75) is 12.8 Å². The number of hydrogen-bond acceptors (Lipinski definition) is 5. The average Bonchev–Trinajstić information content (AvgIpc) is 2.80. The number of ether oxygens (including phenoxy) is 1. The van der Waals surface area contributed by atoms with E-state index in [9.17, 15) is 4.79 Å². The van der Waals surface area contributed by atoms with Crippen LogP contribution >= 0.6 is 11.6 Å². The van der Waals surface area contributed by atoms with E-state index in [-0.39, 0.29) is 11.8 Å². The van der Waals surface area contributed by atoms with Crippen molar-refractivity contribution in [3.63, 3.8) is 0 Å². The second-order valence-corrected chi connectivity index (χ2v) is 7.70. The molecule has 0 radical (unpaired) electrons. The molecule has 30 heavy (non-hydrogen) atoms. The van der Waals surface area contributed by atoms with Gasteiger partial charge in [-0.15, -0.1) is 10.2 Å². The summed E-state index contributed by atoms with van der Waals surface area (Å²) in [6.45, 7) is 1.54. The van der Waals surface area contributed by atoms with E-state index in [0.717, 1.165) is 54.4 Å². The summed E-state index contributed by atoms with van der Waals surface area (Å²) < 4.78 is 5.21. The number of benzene rings is 2. The molecule has 154 valence electrons. The van der Waals surface area contributed by atoms with E-state index in [0.29, 0.717) is 5.02 Å². The predicted molar refractivity (Wildman–Crippen MR) is 119 cm³/mol. The van der Waals surface area contributed by atoms with Crippen molar-refractivity contribution in [2.75, 3.05) is 30.4 Å². The number of carbonyl (C=O) groups is 1. The third kappa shape index (κ3) is 4.71. The molecule has 1 saturated heterocycles. The third-order valence-electron chi connectivity index (χ3n) is 5.32. The van der Waals surface area contributed by atoms with Crippen LogP contribution in [0, 0.1) is 5.92 Å². The number of piperidine rings is 1. The second-order valence-electron chi connectivity index (χ2n) is 7.27. The highest BCUT2D eigenvalue weighted by molar-refractivity contribution is 6.30. The van der Waals surface area contributed by atoms with E-state index in [1.54, 1.807) is 7.11 Å². The Hall–Kier alpha value is -3.12. The van der Waals surface area contributed by atoms with Crippen LogP contribution in [-0.4, -0.2) is 36.3 Å². The Labute approximate surface area is 180 Å². The Morgan fingerprint density at radius 3 is 2.50 bits per heavy atom. The molecule has 2 aromatic carbocycles. The van der Waals surface area contributed by atoms with Crippen LogP contribution in [0.25, 0.3) is 11.3 Å². The van der Waals surface area contributed by atoms with Gasteiger partial charge in [0, 0.05) is 41.3 Å². The topological polar surface area (TPSA) is 67.3 Å². The van der Waals surface area contributed by atoms with Gasteiger partial charge in [0.05, 0.1) is 12.8 Å². The van der Waals surface area contributed by atoms with Crippen LogP contribution in [0.5, 0.6) is 5.75 Å². The van der Waals surface area contributed by atoms with Gasteiger partial charge in [0.15, 0.2) is 5.82 Å². The van der Waals surface area contributed by atoms with E-state index in [1.165, 1.54) is 0 Å². The zero-order valence-electron chi connectivity index (χ0n) is 16.7. The SMILES string of the molecule is COc1cccc(NC(=O)C2CCN(c3ccc(-c4ccc(Cl)cc4)nn3)CC2)c1. The molecule has 1 N–H and O–H groups in total. The molecule has 0 bridgehead atoms. The maximum absolute atomic E-state index is 12.6. The number of aromatic nitrogens is 2. The smallest absolute Gasteiger partial charge is 0.227 e. The minimum atomic E-state index is -0.0197. The quantitative estimate of drug-likeness (QED) is 0.647. The molecule has 3 aromatic rings. The van der Waals surface area contributed by atoms with Gasteiger partial charge in [-0.2, -0.15) is 0 Å². The van der Waals surface area contributed by atoms with Gasteiger partial charge in [0.25, 0.3) is 0 Å². The number of hydrogen-bond donors (Lipinski definition) is 1.